The fourth-order valence-corrected chi connectivity index (χ4v) is 1.60. The second kappa shape index (κ2) is 6.98. The lowest BCUT2D eigenvalue weighted by atomic mass is 10.1. The van der Waals surface area contributed by atoms with Gasteiger partial charge in [-0.2, -0.15) is 0 Å². The van der Waals surface area contributed by atoms with Crippen LogP contribution < -0.4 is 16.4 Å². The van der Waals surface area contributed by atoms with Crippen LogP contribution in [0.3, 0.4) is 0 Å². The van der Waals surface area contributed by atoms with Gasteiger partial charge in [-0.25, -0.2) is 0 Å². The van der Waals surface area contributed by atoms with E-state index >= 15 is 0 Å². The summed E-state index contributed by atoms with van der Waals surface area (Å²) in [4.78, 5) is 22.7. The van der Waals surface area contributed by atoms with Crippen molar-refractivity contribution in [2.75, 3.05) is 25.4 Å². The molecule has 1 amide bonds. The number of aldehydes is 1. The van der Waals surface area contributed by atoms with Crippen molar-refractivity contribution in [1.82, 2.24) is 10.6 Å². The molecule has 98 valence electrons. The van der Waals surface area contributed by atoms with Gasteiger partial charge in [0.25, 0.3) is 5.91 Å². The number of likely N-dealkylation sites (N-methyl/N-ethyl adjacent to an activating group) is 1. The van der Waals surface area contributed by atoms with Gasteiger partial charge in [-0.05, 0) is 18.7 Å². The lowest BCUT2D eigenvalue weighted by Crippen LogP contribution is -2.32. The Balaban J connectivity index is 2.78. The molecule has 6 heteroatoms. The highest BCUT2D eigenvalue weighted by Gasteiger charge is 2.13. The molecule has 0 fully saturated rings. The lowest BCUT2D eigenvalue weighted by molar-refractivity contribution is 0.0948. The van der Waals surface area contributed by atoms with E-state index in [-0.39, 0.29) is 27.7 Å². The maximum Gasteiger partial charge on any atom is 0.252 e. The number of halogens is 1. The standard InChI is InChI=1S/C12H16ClN3O2/c1-2-15-3-4-16-12(18)9-6-10(13)11(14)5-8(9)7-17/h5-7,15H,2-4,14H2,1H3,(H,16,18). The van der Waals surface area contributed by atoms with E-state index in [4.69, 9.17) is 17.3 Å². The molecule has 0 atom stereocenters. The summed E-state index contributed by atoms with van der Waals surface area (Å²) in [5.74, 6) is -0.336. The van der Waals surface area contributed by atoms with Gasteiger partial charge in [0, 0.05) is 18.7 Å². The van der Waals surface area contributed by atoms with Gasteiger partial charge in [-0.15, -0.1) is 0 Å². The monoisotopic (exact) mass is 269 g/mol. The van der Waals surface area contributed by atoms with Crippen molar-refractivity contribution in [2.45, 2.75) is 6.92 Å². The van der Waals surface area contributed by atoms with E-state index in [0.29, 0.717) is 19.4 Å². The summed E-state index contributed by atoms with van der Waals surface area (Å²) in [6, 6.07) is 2.80. The van der Waals surface area contributed by atoms with Crippen molar-refractivity contribution >= 4 is 29.5 Å². The van der Waals surface area contributed by atoms with Gasteiger partial charge in [0.1, 0.15) is 0 Å². The fourth-order valence-electron chi connectivity index (χ4n) is 1.44. The van der Waals surface area contributed by atoms with Crippen LogP contribution in [0.5, 0.6) is 0 Å². The molecule has 0 heterocycles. The number of nitrogens with one attached hydrogen (secondary N) is 2. The number of nitrogen functional groups attached to an aromatic ring is 1. The Labute approximate surface area is 111 Å². The van der Waals surface area contributed by atoms with Crippen molar-refractivity contribution < 1.29 is 9.59 Å². The van der Waals surface area contributed by atoms with Crippen LogP contribution in [-0.2, 0) is 0 Å². The third kappa shape index (κ3) is 3.72. The zero-order chi connectivity index (χ0) is 13.5. The van der Waals surface area contributed by atoms with Crippen LogP contribution in [-0.4, -0.2) is 31.8 Å². The SMILES string of the molecule is CCNCCNC(=O)c1cc(Cl)c(N)cc1C=O. The maximum absolute atomic E-state index is 11.9. The summed E-state index contributed by atoms with van der Waals surface area (Å²) in [7, 11) is 0. The van der Waals surface area contributed by atoms with Crippen molar-refractivity contribution in [3.8, 4) is 0 Å². The number of benzene rings is 1. The number of nitrogens with two attached hydrogens (primary N) is 1. The predicted octanol–water partition coefficient (Wildman–Crippen LogP) is 1.07. The molecule has 4 N–H and O–H groups in total. The van der Waals surface area contributed by atoms with Gasteiger partial charge in [0.15, 0.2) is 6.29 Å². The smallest absolute Gasteiger partial charge is 0.252 e. The number of hydrogen-bond donors (Lipinski definition) is 3. The molecule has 0 spiro atoms. The summed E-state index contributed by atoms with van der Waals surface area (Å²) >= 11 is 5.84. The molecule has 0 saturated heterocycles. The van der Waals surface area contributed by atoms with Gasteiger partial charge in [0.05, 0.1) is 16.3 Å². The molecule has 0 aliphatic heterocycles. The second-order valence-electron chi connectivity index (χ2n) is 3.69. The molecule has 5 nitrogen and oxygen atoms in total. The van der Waals surface area contributed by atoms with E-state index in [1.165, 1.54) is 12.1 Å². The zero-order valence-corrected chi connectivity index (χ0v) is 10.9. The van der Waals surface area contributed by atoms with E-state index in [1.807, 2.05) is 6.92 Å². The highest BCUT2D eigenvalue weighted by Crippen LogP contribution is 2.22. The summed E-state index contributed by atoms with van der Waals surface area (Å²) in [6.07, 6.45) is 0.589. The number of anilines is 1. The average Bonchev–Trinajstić information content (AvgIpc) is 2.37. The first-order chi connectivity index (χ1) is 8.60. The van der Waals surface area contributed by atoms with Gasteiger partial charge < -0.3 is 16.4 Å². The molecule has 0 bridgehead atoms. The Morgan fingerprint density at radius 2 is 2.17 bits per heavy atom. The minimum absolute atomic E-state index is 0.234. The first kappa shape index (κ1) is 14.5. The third-order valence-electron chi connectivity index (χ3n) is 2.38. The fraction of sp³-hybridized carbons (Fsp3) is 0.333. The Morgan fingerprint density at radius 3 is 2.78 bits per heavy atom. The van der Waals surface area contributed by atoms with E-state index in [9.17, 15) is 9.59 Å². The largest absolute Gasteiger partial charge is 0.398 e. The number of hydrogen-bond acceptors (Lipinski definition) is 4. The van der Waals surface area contributed by atoms with Gasteiger partial charge in [0.2, 0.25) is 0 Å². The second-order valence-corrected chi connectivity index (χ2v) is 4.10. The molecular formula is C12H16ClN3O2. The van der Waals surface area contributed by atoms with Crippen LogP contribution in [0, 0.1) is 0 Å². The third-order valence-corrected chi connectivity index (χ3v) is 2.71. The van der Waals surface area contributed by atoms with Crippen LogP contribution in [0.2, 0.25) is 5.02 Å². The van der Waals surface area contributed by atoms with E-state index in [1.54, 1.807) is 0 Å². The summed E-state index contributed by atoms with van der Waals surface area (Å²) in [6.45, 7) is 3.96. The van der Waals surface area contributed by atoms with Crippen LogP contribution in [0.15, 0.2) is 12.1 Å². The molecule has 1 aromatic rings. The first-order valence-electron chi connectivity index (χ1n) is 5.63. The van der Waals surface area contributed by atoms with Gasteiger partial charge in [-0.1, -0.05) is 18.5 Å². The molecule has 0 unspecified atom stereocenters. The summed E-state index contributed by atoms with van der Waals surface area (Å²) in [5, 5.41) is 6.03. The highest BCUT2D eigenvalue weighted by molar-refractivity contribution is 6.33. The quantitative estimate of drug-likeness (QED) is 0.410. The van der Waals surface area contributed by atoms with E-state index in [0.717, 1.165) is 6.54 Å². The molecule has 0 aliphatic carbocycles. The van der Waals surface area contributed by atoms with Gasteiger partial charge >= 0.3 is 0 Å². The number of rotatable bonds is 6. The molecule has 1 aromatic carbocycles. The topological polar surface area (TPSA) is 84.2 Å². The molecule has 0 aliphatic rings. The van der Waals surface area contributed by atoms with E-state index in [2.05, 4.69) is 10.6 Å². The Hall–Kier alpha value is -1.59. The molecule has 18 heavy (non-hydrogen) atoms. The minimum Gasteiger partial charge on any atom is -0.398 e. The molecule has 0 aromatic heterocycles. The summed E-state index contributed by atoms with van der Waals surface area (Å²) < 4.78 is 0. The number of carbonyl (C=O) groups excluding carboxylic acids is 2. The Morgan fingerprint density at radius 1 is 1.44 bits per heavy atom. The lowest BCUT2D eigenvalue weighted by Gasteiger charge is -2.09. The molecule has 1 rings (SSSR count). The zero-order valence-electron chi connectivity index (χ0n) is 10.1. The van der Waals surface area contributed by atoms with Gasteiger partial charge in [-0.3, -0.25) is 9.59 Å². The average molecular weight is 270 g/mol. The van der Waals surface area contributed by atoms with Crippen LogP contribution in [0.1, 0.15) is 27.6 Å². The number of amides is 1. The van der Waals surface area contributed by atoms with Crippen molar-refractivity contribution in [3.05, 3.63) is 28.3 Å². The van der Waals surface area contributed by atoms with Crippen molar-refractivity contribution in [3.63, 3.8) is 0 Å². The predicted molar refractivity (Wildman–Crippen MR) is 72.1 cm³/mol. The van der Waals surface area contributed by atoms with E-state index < -0.39 is 0 Å². The highest BCUT2D eigenvalue weighted by atomic mass is 35.5. The van der Waals surface area contributed by atoms with Crippen LogP contribution >= 0.6 is 11.6 Å². The molecule has 0 saturated carbocycles. The first-order valence-corrected chi connectivity index (χ1v) is 6.01. The normalized spacial score (nSPS) is 10.1. The Bertz CT molecular complexity index is 449. The number of carbonyl (C=O) groups is 2. The minimum atomic E-state index is -0.336. The Kier molecular flexibility index (Phi) is 5.61. The molecular weight excluding hydrogens is 254 g/mol. The maximum atomic E-state index is 11.9. The van der Waals surface area contributed by atoms with Crippen molar-refractivity contribution in [1.29, 1.82) is 0 Å². The van der Waals surface area contributed by atoms with Crippen molar-refractivity contribution in [2.24, 2.45) is 0 Å². The summed E-state index contributed by atoms with van der Waals surface area (Å²) in [5.41, 5.74) is 6.32. The molecule has 0 radical (unpaired) electrons. The van der Waals surface area contributed by atoms with Crippen LogP contribution in [0.25, 0.3) is 0 Å². The van der Waals surface area contributed by atoms with Crippen LogP contribution in [0.4, 0.5) is 5.69 Å².